The van der Waals surface area contributed by atoms with Crippen molar-refractivity contribution in [2.24, 2.45) is 11.1 Å². The van der Waals surface area contributed by atoms with Crippen LogP contribution in [0.2, 0.25) is 0 Å². The first-order valence-corrected chi connectivity index (χ1v) is 9.93. The molecule has 7 nitrogen and oxygen atoms in total. The van der Waals surface area contributed by atoms with Crippen LogP contribution in [-0.4, -0.2) is 45.4 Å². The number of hydrogen-bond acceptors (Lipinski definition) is 5. The van der Waals surface area contributed by atoms with E-state index in [-0.39, 0.29) is 16.7 Å². The lowest BCUT2D eigenvalue weighted by Crippen LogP contribution is -2.43. The molecule has 3 N–H and O–H groups in total. The maximum atomic E-state index is 12.3. The molecule has 1 heterocycles. The van der Waals surface area contributed by atoms with Crippen LogP contribution in [0.5, 0.6) is 0 Å². The summed E-state index contributed by atoms with van der Waals surface area (Å²) in [4.78, 5) is 14.5. The van der Waals surface area contributed by atoms with Gasteiger partial charge < -0.3 is 10.2 Å². The lowest BCUT2D eigenvalue weighted by Gasteiger charge is -2.31. The van der Waals surface area contributed by atoms with Crippen LogP contribution in [0.4, 0.5) is 0 Å². The number of sulfonamides is 1. The summed E-state index contributed by atoms with van der Waals surface area (Å²) >= 11 is 0. The van der Waals surface area contributed by atoms with Gasteiger partial charge in [-0.1, -0.05) is 12.1 Å². The average molecular weight is 364 g/mol. The van der Waals surface area contributed by atoms with E-state index >= 15 is 0 Å². The molecule has 0 radical (unpaired) electrons. The molecule has 1 aliphatic rings. The normalized spacial score (nSPS) is 18.5. The average Bonchev–Trinajstić information content (AvgIpc) is 2.60. The fourth-order valence-electron chi connectivity index (χ4n) is 3.00. The smallest absolute Gasteiger partial charge is 0.238 e. The van der Waals surface area contributed by atoms with Gasteiger partial charge in [-0.15, -0.1) is 0 Å². The SMILES string of the molecule is N#CCCN1CCCC(C(=O)NCCc2ccc(S(N)(=O)=O)cc2)C1. The number of benzene rings is 1. The predicted octanol–water partition coefficient (Wildman–Crippen LogP) is 0.618. The van der Waals surface area contributed by atoms with Crippen molar-refractivity contribution in [3.05, 3.63) is 29.8 Å². The van der Waals surface area contributed by atoms with Gasteiger partial charge in [0.2, 0.25) is 15.9 Å². The number of carbonyl (C=O) groups excluding carboxylic acids is 1. The Labute approximate surface area is 148 Å². The van der Waals surface area contributed by atoms with Crippen LogP contribution in [-0.2, 0) is 21.2 Å². The zero-order valence-corrected chi connectivity index (χ0v) is 15.0. The number of hydrogen-bond donors (Lipinski definition) is 2. The largest absolute Gasteiger partial charge is 0.355 e. The van der Waals surface area contributed by atoms with Crippen LogP contribution < -0.4 is 10.5 Å². The van der Waals surface area contributed by atoms with Crippen molar-refractivity contribution in [3.8, 4) is 6.07 Å². The fourth-order valence-corrected chi connectivity index (χ4v) is 3.52. The van der Waals surface area contributed by atoms with Crippen LogP contribution in [0, 0.1) is 17.2 Å². The Bertz CT molecular complexity index is 725. The molecule has 1 amide bonds. The molecule has 136 valence electrons. The van der Waals surface area contributed by atoms with Crippen molar-refractivity contribution in [1.82, 2.24) is 10.2 Å². The number of nitriles is 1. The standard InChI is InChI=1S/C17H24N4O3S/c18-9-2-12-21-11-1-3-15(13-21)17(22)20-10-8-14-4-6-16(7-5-14)25(19,23)24/h4-7,15H,1-3,8,10-13H2,(H,20,22)(H2,19,23,24). The minimum atomic E-state index is -3.67. The molecule has 1 saturated heterocycles. The third-order valence-corrected chi connectivity index (χ3v) is 5.31. The monoisotopic (exact) mass is 364 g/mol. The third-order valence-electron chi connectivity index (χ3n) is 4.38. The van der Waals surface area contributed by atoms with E-state index in [9.17, 15) is 13.2 Å². The van der Waals surface area contributed by atoms with E-state index in [0.717, 1.165) is 31.5 Å². The molecule has 0 aromatic heterocycles. The Kier molecular flexibility index (Phi) is 6.93. The van der Waals surface area contributed by atoms with Gasteiger partial charge in [0.15, 0.2) is 0 Å². The molecule has 1 aromatic rings. The van der Waals surface area contributed by atoms with Crippen molar-refractivity contribution in [2.45, 2.75) is 30.6 Å². The topological polar surface area (TPSA) is 116 Å². The molecule has 0 aliphatic carbocycles. The second kappa shape index (κ2) is 8.94. The van der Waals surface area contributed by atoms with Crippen LogP contribution in [0.3, 0.4) is 0 Å². The number of nitrogens with zero attached hydrogens (tertiary/aromatic N) is 2. The Morgan fingerprint density at radius 2 is 2.08 bits per heavy atom. The molecule has 25 heavy (non-hydrogen) atoms. The number of primary sulfonamides is 1. The third kappa shape index (κ3) is 6.12. The molecule has 0 spiro atoms. The summed E-state index contributed by atoms with van der Waals surface area (Å²) in [5.41, 5.74) is 0.937. The summed E-state index contributed by atoms with van der Waals surface area (Å²) < 4.78 is 22.4. The van der Waals surface area contributed by atoms with Crippen molar-refractivity contribution in [3.63, 3.8) is 0 Å². The molecule has 8 heteroatoms. The van der Waals surface area contributed by atoms with Crippen LogP contribution in [0.1, 0.15) is 24.8 Å². The molecule has 1 aliphatic heterocycles. The van der Waals surface area contributed by atoms with E-state index < -0.39 is 10.0 Å². The highest BCUT2D eigenvalue weighted by molar-refractivity contribution is 7.89. The Morgan fingerprint density at radius 1 is 1.36 bits per heavy atom. The Hall–Kier alpha value is -1.95. The highest BCUT2D eigenvalue weighted by Gasteiger charge is 2.25. The van der Waals surface area contributed by atoms with Gasteiger partial charge in [-0.25, -0.2) is 13.6 Å². The van der Waals surface area contributed by atoms with Gasteiger partial charge in [0.1, 0.15) is 0 Å². The Morgan fingerprint density at radius 3 is 2.72 bits per heavy atom. The number of rotatable bonds is 7. The maximum Gasteiger partial charge on any atom is 0.238 e. The zero-order valence-electron chi connectivity index (χ0n) is 14.1. The van der Waals surface area contributed by atoms with Gasteiger partial charge in [-0.3, -0.25) is 4.79 Å². The first-order valence-electron chi connectivity index (χ1n) is 8.39. The summed E-state index contributed by atoms with van der Waals surface area (Å²) in [6.07, 6.45) is 2.96. The summed E-state index contributed by atoms with van der Waals surface area (Å²) in [5, 5.41) is 16.7. The predicted molar refractivity (Wildman–Crippen MR) is 93.9 cm³/mol. The zero-order chi connectivity index (χ0) is 18.3. The maximum absolute atomic E-state index is 12.3. The van der Waals surface area contributed by atoms with Gasteiger partial charge in [0.05, 0.1) is 16.9 Å². The number of carbonyl (C=O) groups is 1. The molecule has 1 unspecified atom stereocenters. The number of nitrogens with two attached hydrogens (primary N) is 1. The number of nitrogens with one attached hydrogen (secondary N) is 1. The van der Waals surface area contributed by atoms with E-state index in [0.29, 0.717) is 25.9 Å². The highest BCUT2D eigenvalue weighted by Crippen LogP contribution is 2.17. The first-order chi connectivity index (χ1) is 11.9. The lowest BCUT2D eigenvalue weighted by molar-refractivity contribution is -0.126. The molecule has 1 fully saturated rings. The van der Waals surface area contributed by atoms with Gasteiger partial charge >= 0.3 is 0 Å². The summed E-state index contributed by atoms with van der Waals surface area (Å²) in [6.45, 7) is 2.87. The van der Waals surface area contributed by atoms with Gasteiger partial charge in [-0.05, 0) is 43.5 Å². The molecule has 0 bridgehead atoms. The first kappa shape index (κ1) is 19.4. The quantitative estimate of drug-likeness (QED) is 0.735. The second-order valence-corrected chi connectivity index (χ2v) is 7.84. The van der Waals surface area contributed by atoms with Crippen LogP contribution in [0.25, 0.3) is 0 Å². The second-order valence-electron chi connectivity index (χ2n) is 6.28. The van der Waals surface area contributed by atoms with E-state index in [1.165, 1.54) is 12.1 Å². The molecule has 1 aromatic carbocycles. The highest BCUT2D eigenvalue weighted by atomic mass is 32.2. The minimum Gasteiger partial charge on any atom is -0.355 e. The van der Waals surface area contributed by atoms with Gasteiger partial charge in [0.25, 0.3) is 0 Å². The number of likely N-dealkylation sites (tertiary alicyclic amines) is 1. The van der Waals surface area contributed by atoms with Gasteiger partial charge in [-0.2, -0.15) is 5.26 Å². The van der Waals surface area contributed by atoms with E-state index in [2.05, 4.69) is 16.3 Å². The summed E-state index contributed by atoms with van der Waals surface area (Å²) in [6, 6.07) is 8.49. The van der Waals surface area contributed by atoms with E-state index in [4.69, 9.17) is 10.4 Å². The van der Waals surface area contributed by atoms with Crippen LogP contribution in [0.15, 0.2) is 29.2 Å². The van der Waals surface area contributed by atoms with E-state index in [1.807, 2.05) is 0 Å². The van der Waals surface area contributed by atoms with Crippen molar-refractivity contribution < 1.29 is 13.2 Å². The van der Waals surface area contributed by atoms with Crippen molar-refractivity contribution in [2.75, 3.05) is 26.2 Å². The van der Waals surface area contributed by atoms with Crippen molar-refractivity contribution >= 4 is 15.9 Å². The molecule has 2 rings (SSSR count). The number of amides is 1. The van der Waals surface area contributed by atoms with Crippen LogP contribution >= 0.6 is 0 Å². The summed E-state index contributed by atoms with van der Waals surface area (Å²) in [7, 11) is -3.67. The molecular formula is C17H24N4O3S. The molecule has 1 atom stereocenters. The number of piperidine rings is 1. The fraction of sp³-hybridized carbons (Fsp3) is 0.529. The van der Waals surface area contributed by atoms with Gasteiger partial charge in [0, 0.05) is 26.1 Å². The molecule has 0 saturated carbocycles. The lowest BCUT2D eigenvalue weighted by atomic mass is 9.97. The molecular weight excluding hydrogens is 340 g/mol. The van der Waals surface area contributed by atoms with E-state index in [1.54, 1.807) is 12.1 Å². The van der Waals surface area contributed by atoms with Crippen molar-refractivity contribution in [1.29, 1.82) is 5.26 Å². The summed E-state index contributed by atoms with van der Waals surface area (Å²) in [5.74, 6) is 0.0139. The Balaban J connectivity index is 1.77. The minimum absolute atomic E-state index is 0.0304.